The summed E-state index contributed by atoms with van der Waals surface area (Å²) in [6.07, 6.45) is -2.72. The number of ether oxygens (including phenoxy) is 1. The van der Waals surface area contributed by atoms with E-state index in [1.807, 2.05) is 17.1 Å². The largest absolute Gasteiger partial charge is 0.465 e. The highest BCUT2D eigenvalue weighted by molar-refractivity contribution is 5.89. The van der Waals surface area contributed by atoms with Crippen LogP contribution in [0.1, 0.15) is 46.3 Å². The molecule has 0 bridgehead atoms. The summed E-state index contributed by atoms with van der Waals surface area (Å²) < 4.78 is 43.4. The maximum atomic E-state index is 12.9. The van der Waals surface area contributed by atoms with Crippen LogP contribution in [0.4, 0.5) is 13.2 Å². The molecule has 1 aliphatic heterocycles. The number of hydrazine groups is 1. The third kappa shape index (κ3) is 6.90. The molecule has 0 N–H and O–H groups in total. The third-order valence-electron chi connectivity index (χ3n) is 5.73. The SMILES string of the molecule is COC(=O)c1ccc(CCN2C(=O)CCCN2CCC(=O)Cc2cccc(C(F)(F)F)c2)cc1. The molecule has 9 heteroatoms. The highest BCUT2D eigenvalue weighted by Crippen LogP contribution is 2.29. The number of carbonyl (C=O) groups is 3. The van der Waals surface area contributed by atoms with Gasteiger partial charge in [-0.3, -0.25) is 14.6 Å². The summed E-state index contributed by atoms with van der Waals surface area (Å²) in [6, 6.07) is 11.7. The fourth-order valence-electron chi connectivity index (χ4n) is 3.91. The van der Waals surface area contributed by atoms with Crippen molar-refractivity contribution in [3.63, 3.8) is 0 Å². The van der Waals surface area contributed by atoms with Crippen molar-refractivity contribution in [2.75, 3.05) is 26.7 Å². The van der Waals surface area contributed by atoms with Crippen molar-refractivity contribution < 1.29 is 32.3 Å². The predicted molar refractivity (Wildman–Crippen MR) is 119 cm³/mol. The van der Waals surface area contributed by atoms with Crippen LogP contribution < -0.4 is 0 Å². The van der Waals surface area contributed by atoms with Gasteiger partial charge < -0.3 is 4.74 Å². The van der Waals surface area contributed by atoms with Crippen LogP contribution in [0.25, 0.3) is 0 Å². The monoisotopic (exact) mass is 476 g/mol. The molecule has 0 aliphatic carbocycles. The van der Waals surface area contributed by atoms with Gasteiger partial charge in [0, 0.05) is 38.9 Å². The third-order valence-corrected chi connectivity index (χ3v) is 5.73. The van der Waals surface area contributed by atoms with Crippen molar-refractivity contribution in [3.05, 3.63) is 70.8 Å². The molecule has 0 saturated carbocycles. The molecule has 0 radical (unpaired) electrons. The minimum Gasteiger partial charge on any atom is -0.465 e. The first kappa shape index (κ1) is 25.4. The number of nitrogens with zero attached hydrogens (tertiary/aromatic N) is 2. The zero-order valence-corrected chi connectivity index (χ0v) is 18.9. The van der Waals surface area contributed by atoms with E-state index in [9.17, 15) is 27.6 Å². The van der Waals surface area contributed by atoms with Crippen LogP contribution in [0.3, 0.4) is 0 Å². The van der Waals surface area contributed by atoms with Gasteiger partial charge in [-0.15, -0.1) is 0 Å². The molecule has 2 aromatic rings. The zero-order chi connectivity index (χ0) is 24.7. The molecular formula is C25H27F3N2O4. The molecule has 1 saturated heterocycles. The summed E-state index contributed by atoms with van der Waals surface area (Å²) >= 11 is 0. The molecule has 0 unspecified atom stereocenters. The quantitative estimate of drug-likeness (QED) is 0.511. The van der Waals surface area contributed by atoms with Gasteiger partial charge in [0.15, 0.2) is 0 Å². The van der Waals surface area contributed by atoms with E-state index in [4.69, 9.17) is 0 Å². The van der Waals surface area contributed by atoms with Gasteiger partial charge in [0.2, 0.25) is 5.91 Å². The van der Waals surface area contributed by atoms with Crippen LogP contribution in [0.2, 0.25) is 0 Å². The molecule has 0 aromatic heterocycles. The number of rotatable bonds is 9. The highest BCUT2D eigenvalue weighted by atomic mass is 19.4. The Bertz CT molecular complexity index is 1020. The maximum Gasteiger partial charge on any atom is 0.416 e. The maximum absolute atomic E-state index is 12.9. The minimum absolute atomic E-state index is 0.0252. The average molecular weight is 476 g/mol. The lowest BCUT2D eigenvalue weighted by molar-refractivity contribution is -0.156. The molecule has 1 aliphatic rings. The zero-order valence-electron chi connectivity index (χ0n) is 18.9. The molecule has 1 heterocycles. The van der Waals surface area contributed by atoms with Gasteiger partial charge in [0.25, 0.3) is 0 Å². The number of esters is 1. The van der Waals surface area contributed by atoms with Gasteiger partial charge in [0.1, 0.15) is 5.78 Å². The lowest BCUT2D eigenvalue weighted by atomic mass is 10.0. The number of halogens is 3. The number of hydrogen-bond acceptors (Lipinski definition) is 5. The molecule has 34 heavy (non-hydrogen) atoms. The van der Waals surface area contributed by atoms with Gasteiger partial charge in [-0.1, -0.05) is 30.3 Å². The number of carbonyl (C=O) groups excluding carboxylic acids is 3. The van der Waals surface area contributed by atoms with Crippen LogP contribution in [0, 0.1) is 0 Å². The highest BCUT2D eigenvalue weighted by Gasteiger charge is 2.30. The number of alkyl halides is 3. The van der Waals surface area contributed by atoms with Gasteiger partial charge in [0.05, 0.1) is 18.2 Å². The van der Waals surface area contributed by atoms with E-state index in [1.165, 1.54) is 19.2 Å². The number of amides is 1. The van der Waals surface area contributed by atoms with Crippen LogP contribution in [-0.4, -0.2) is 54.4 Å². The lowest BCUT2D eigenvalue weighted by Crippen LogP contribution is -2.51. The van der Waals surface area contributed by atoms with Crippen molar-refractivity contribution in [2.24, 2.45) is 0 Å². The van der Waals surface area contributed by atoms with E-state index in [1.54, 1.807) is 17.1 Å². The van der Waals surface area contributed by atoms with E-state index in [2.05, 4.69) is 4.74 Å². The van der Waals surface area contributed by atoms with E-state index < -0.39 is 17.7 Å². The molecule has 182 valence electrons. The topological polar surface area (TPSA) is 66.9 Å². The van der Waals surface area contributed by atoms with E-state index >= 15 is 0 Å². The standard InChI is InChI=1S/C25H27F3N2O4/c1-34-24(33)20-9-7-18(8-10-20)11-15-30-23(32)6-3-13-29(30)14-12-22(31)17-19-4-2-5-21(16-19)25(26,27)28/h2,4-5,7-10,16H,3,6,11-15,17H2,1H3. The van der Waals surface area contributed by atoms with E-state index in [0.29, 0.717) is 50.0 Å². The Labute approximate surface area is 196 Å². The smallest absolute Gasteiger partial charge is 0.416 e. The second kappa shape index (κ2) is 11.3. The minimum atomic E-state index is -4.45. The Morgan fingerprint density at radius 2 is 1.76 bits per heavy atom. The second-order valence-corrected chi connectivity index (χ2v) is 8.18. The Morgan fingerprint density at radius 1 is 1.03 bits per heavy atom. The fraction of sp³-hybridized carbons (Fsp3) is 0.400. The molecule has 3 rings (SSSR count). The Hall–Kier alpha value is -3.20. The van der Waals surface area contributed by atoms with E-state index in [0.717, 1.165) is 17.7 Å². The number of methoxy groups -OCH3 is 1. The van der Waals surface area contributed by atoms with Gasteiger partial charge in [-0.2, -0.15) is 13.2 Å². The van der Waals surface area contributed by atoms with Gasteiger partial charge in [-0.25, -0.2) is 9.80 Å². The molecule has 1 amide bonds. The van der Waals surface area contributed by atoms with Crippen molar-refractivity contribution in [1.82, 2.24) is 10.0 Å². The van der Waals surface area contributed by atoms with Crippen molar-refractivity contribution in [2.45, 2.75) is 38.3 Å². The first-order chi connectivity index (χ1) is 16.2. The molecule has 2 aromatic carbocycles. The number of ketones is 1. The van der Waals surface area contributed by atoms with Crippen LogP contribution in [-0.2, 0) is 33.3 Å². The average Bonchev–Trinajstić information content (AvgIpc) is 2.81. The first-order valence-corrected chi connectivity index (χ1v) is 11.1. The normalized spacial score (nSPS) is 14.8. The fourth-order valence-corrected chi connectivity index (χ4v) is 3.91. The Balaban J connectivity index is 1.55. The van der Waals surface area contributed by atoms with Crippen molar-refractivity contribution in [1.29, 1.82) is 0 Å². The summed E-state index contributed by atoms with van der Waals surface area (Å²) in [5.41, 5.74) is 0.944. The van der Waals surface area contributed by atoms with E-state index in [-0.39, 0.29) is 24.5 Å². The molecule has 0 atom stereocenters. The summed E-state index contributed by atoms with van der Waals surface area (Å²) in [5, 5.41) is 3.49. The summed E-state index contributed by atoms with van der Waals surface area (Å²) in [5.74, 6) is -0.628. The summed E-state index contributed by atoms with van der Waals surface area (Å²) in [6.45, 7) is 1.38. The van der Waals surface area contributed by atoms with Crippen LogP contribution in [0.15, 0.2) is 48.5 Å². The van der Waals surface area contributed by atoms with Crippen molar-refractivity contribution >= 4 is 17.7 Å². The van der Waals surface area contributed by atoms with Gasteiger partial charge >= 0.3 is 12.1 Å². The van der Waals surface area contributed by atoms with Crippen molar-refractivity contribution in [3.8, 4) is 0 Å². The summed E-state index contributed by atoms with van der Waals surface area (Å²) in [7, 11) is 1.32. The van der Waals surface area contributed by atoms with Crippen LogP contribution >= 0.6 is 0 Å². The lowest BCUT2D eigenvalue weighted by Gasteiger charge is -2.38. The molecular weight excluding hydrogens is 449 g/mol. The Kier molecular flexibility index (Phi) is 8.44. The van der Waals surface area contributed by atoms with Crippen LogP contribution in [0.5, 0.6) is 0 Å². The second-order valence-electron chi connectivity index (χ2n) is 8.18. The number of Topliss-reactive ketones (excluding diaryl/α,β-unsaturated/α-hetero) is 1. The van der Waals surface area contributed by atoms with Gasteiger partial charge in [-0.05, 0) is 42.2 Å². The first-order valence-electron chi connectivity index (χ1n) is 11.1. The Morgan fingerprint density at radius 3 is 2.44 bits per heavy atom. The molecule has 6 nitrogen and oxygen atoms in total. The number of hydrogen-bond donors (Lipinski definition) is 0. The molecule has 1 fully saturated rings. The predicted octanol–water partition coefficient (Wildman–Crippen LogP) is 4.08. The number of benzene rings is 2. The summed E-state index contributed by atoms with van der Waals surface area (Å²) in [4.78, 5) is 36.5. The molecule has 0 spiro atoms.